The minimum Gasteiger partial charge on any atom is -0.369 e. The molecular weight excluding hydrogens is 607 g/mol. The average Bonchev–Trinajstić information content (AvgIpc) is 2.61. The molecule has 0 spiro atoms. The smallest absolute Gasteiger partial charge is 0.369 e. The van der Waals surface area contributed by atoms with E-state index < -0.39 is 35.8 Å². The van der Waals surface area contributed by atoms with Crippen LogP contribution in [0.4, 0.5) is 0 Å². The summed E-state index contributed by atoms with van der Waals surface area (Å²) in [6.07, 6.45) is 0. The third-order valence-electron chi connectivity index (χ3n) is 1.66. The Labute approximate surface area is 200 Å². The molecule has 28 heavy (non-hydrogen) atoms. The zero-order valence-electron chi connectivity index (χ0n) is 15.3. The second kappa shape index (κ2) is 22.6. The van der Waals surface area contributed by atoms with E-state index in [1.807, 2.05) is 0 Å². The van der Waals surface area contributed by atoms with Crippen molar-refractivity contribution in [3.05, 3.63) is 0 Å². The Morgan fingerprint density at radius 1 is 0.786 bits per heavy atom. The second-order valence-corrected chi connectivity index (χ2v) is 7.33. The van der Waals surface area contributed by atoms with E-state index in [0.29, 0.717) is 0 Å². The van der Waals surface area contributed by atoms with Crippen molar-refractivity contribution in [2.45, 2.75) is 0 Å². The molecule has 15 nitrogen and oxygen atoms in total. The summed E-state index contributed by atoms with van der Waals surface area (Å²) in [5, 5.41) is 0. The van der Waals surface area contributed by atoms with Crippen molar-refractivity contribution < 1.29 is 113 Å². The van der Waals surface area contributed by atoms with Crippen LogP contribution in [-0.2, 0) is 103 Å². The molecular formula is C8H22N2O13P3Zr2+. The third kappa shape index (κ3) is 25.0. The Morgan fingerprint density at radius 2 is 0.964 bits per heavy atom. The van der Waals surface area contributed by atoms with E-state index in [0.717, 1.165) is 28.4 Å². The fourth-order valence-electron chi connectivity index (χ4n) is 0.622. The van der Waals surface area contributed by atoms with Crippen LogP contribution in [-0.4, -0.2) is 63.3 Å². The number of nitrogens with two attached hydrogens (primary N) is 2. The Bertz CT molecular complexity index is 478. The number of hydrogen-bond acceptors (Lipinski definition) is 13. The maximum atomic E-state index is 11.0. The van der Waals surface area contributed by atoms with Gasteiger partial charge in [-0.1, -0.05) is 0 Å². The van der Waals surface area contributed by atoms with E-state index in [4.69, 9.17) is 25.8 Å². The Balaban J connectivity index is -0.0000000998. The van der Waals surface area contributed by atoms with Gasteiger partial charge in [-0.15, -0.1) is 9.79 Å². The number of carbonyl (C=O) groups excluding carboxylic acids is 2. The molecule has 0 rings (SSSR count). The molecule has 0 aliphatic heterocycles. The molecule has 0 amide bonds. The fraction of sp³-hybridized carbons (Fsp3) is 0.750. The van der Waals surface area contributed by atoms with Crippen LogP contribution in [0, 0.1) is 0 Å². The molecule has 0 saturated carbocycles. The fourth-order valence-corrected chi connectivity index (χ4v) is 1.87. The van der Waals surface area contributed by atoms with Crippen LogP contribution in [0.3, 0.4) is 0 Å². The number of hydrogen-bond donors (Lipinski definition) is 4. The molecule has 6 N–H and O–H groups in total. The van der Waals surface area contributed by atoms with E-state index in [2.05, 4.69) is 27.1 Å². The quantitative estimate of drug-likeness (QED) is 0.246. The molecule has 0 radical (unpaired) electrons. The summed E-state index contributed by atoms with van der Waals surface area (Å²) in [5.74, 6) is -1.67. The average molecular weight is 630 g/mol. The first-order valence-electron chi connectivity index (χ1n) is 6.02. The van der Waals surface area contributed by atoms with Gasteiger partial charge in [0.1, 0.15) is 0 Å². The molecule has 0 atom stereocenters. The summed E-state index contributed by atoms with van der Waals surface area (Å²) >= 11 is 0. The van der Waals surface area contributed by atoms with E-state index >= 15 is 0 Å². The van der Waals surface area contributed by atoms with Gasteiger partial charge in [0.15, 0.2) is 0 Å². The van der Waals surface area contributed by atoms with Crippen LogP contribution >= 0.6 is 23.9 Å². The molecule has 0 bridgehead atoms. The SMILES string of the molecule is COP(=O)(OC)OC(=O)CN.COP(=O)(OC)OC(=O)CN.O=[P+](O)O.[Zr].[Zr]. The minimum absolute atomic E-state index is 0. The van der Waals surface area contributed by atoms with Crippen molar-refractivity contribution in [1.82, 2.24) is 0 Å². The van der Waals surface area contributed by atoms with Crippen LogP contribution in [0.2, 0.25) is 0 Å². The predicted molar refractivity (Wildman–Crippen MR) is 85.6 cm³/mol. The molecule has 0 fully saturated rings. The van der Waals surface area contributed by atoms with Gasteiger partial charge in [-0.3, -0.25) is 27.7 Å². The second-order valence-electron chi connectivity index (χ2n) is 3.21. The molecule has 0 aliphatic rings. The molecule has 0 aromatic rings. The Kier molecular flexibility index (Phi) is 31.9. The number of phosphoric acid groups is 2. The van der Waals surface area contributed by atoms with Gasteiger partial charge in [0.25, 0.3) is 0 Å². The zero-order valence-corrected chi connectivity index (χ0v) is 22.9. The molecule has 0 unspecified atom stereocenters. The summed E-state index contributed by atoms with van der Waals surface area (Å²) < 4.78 is 56.3. The van der Waals surface area contributed by atoms with Gasteiger partial charge in [0.05, 0.1) is 13.1 Å². The first kappa shape index (κ1) is 39.4. The van der Waals surface area contributed by atoms with Crippen molar-refractivity contribution in [1.29, 1.82) is 0 Å². The molecule has 0 saturated heterocycles. The minimum atomic E-state index is -3.68. The van der Waals surface area contributed by atoms with Crippen LogP contribution in [0.15, 0.2) is 0 Å². The topological polar surface area (TPSA) is 233 Å². The standard InChI is InChI=1S/2C4H10NO5P.HO3P.2Zr/c2*1-8-11(7,9-2)10-4(6)3-5;1-4(2)3;;/h2*3,5H2,1-2H3;(H-,1,2,3);;/p+1. The number of carbonyl (C=O) groups is 2. The maximum Gasteiger partial charge on any atom is 0.692 e. The predicted octanol–water partition coefficient (Wildman–Crippen LogP) is -0.598. The molecule has 0 aromatic heterocycles. The van der Waals surface area contributed by atoms with Gasteiger partial charge < -0.3 is 20.5 Å². The van der Waals surface area contributed by atoms with Crippen molar-refractivity contribution >= 4 is 35.8 Å². The summed E-state index contributed by atoms with van der Waals surface area (Å²) in [4.78, 5) is 35.2. The van der Waals surface area contributed by atoms with Crippen molar-refractivity contribution in [2.75, 3.05) is 41.5 Å². The van der Waals surface area contributed by atoms with Crippen molar-refractivity contribution in [2.24, 2.45) is 11.5 Å². The first-order valence-corrected chi connectivity index (χ1v) is 10.1. The first-order chi connectivity index (χ1) is 11.9. The summed E-state index contributed by atoms with van der Waals surface area (Å²) in [6, 6.07) is 0. The van der Waals surface area contributed by atoms with E-state index in [1.165, 1.54) is 0 Å². The zero-order chi connectivity index (χ0) is 21.4. The van der Waals surface area contributed by atoms with Gasteiger partial charge in [-0.25, -0.2) is 9.13 Å². The maximum absolute atomic E-state index is 11.0. The monoisotopic (exact) mass is 627 g/mol. The van der Waals surface area contributed by atoms with Gasteiger partial charge in [0, 0.05) is 85.4 Å². The van der Waals surface area contributed by atoms with E-state index in [1.54, 1.807) is 0 Å². The van der Waals surface area contributed by atoms with E-state index in [-0.39, 0.29) is 65.5 Å². The molecule has 0 heterocycles. The number of phosphoric ester groups is 2. The van der Waals surface area contributed by atoms with Gasteiger partial charge in [-0.05, 0) is 0 Å². The molecule has 0 aliphatic carbocycles. The van der Waals surface area contributed by atoms with Gasteiger partial charge >= 0.3 is 35.8 Å². The van der Waals surface area contributed by atoms with Crippen LogP contribution in [0.5, 0.6) is 0 Å². The van der Waals surface area contributed by atoms with Gasteiger partial charge in [0.2, 0.25) is 0 Å². The summed E-state index contributed by atoms with van der Waals surface area (Å²) in [6.45, 7) is -0.729. The Hall–Kier alpha value is 0.946. The normalized spacial score (nSPS) is 9.71. The summed E-state index contributed by atoms with van der Waals surface area (Å²) in [5.41, 5.74) is 9.76. The van der Waals surface area contributed by atoms with E-state index in [9.17, 15) is 18.7 Å². The molecule has 0 aromatic carbocycles. The van der Waals surface area contributed by atoms with Crippen LogP contribution in [0.25, 0.3) is 0 Å². The van der Waals surface area contributed by atoms with Crippen LogP contribution in [0.1, 0.15) is 0 Å². The molecule has 20 heteroatoms. The molecule has 164 valence electrons. The third-order valence-corrected chi connectivity index (χ3v) is 4.30. The number of rotatable bonds is 8. The van der Waals surface area contributed by atoms with Crippen molar-refractivity contribution in [3.8, 4) is 0 Å². The van der Waals surface area contributed by atoms with Crippen LogP contribution < -0.4 is 11.5 Å². The largest absolute Gasteiger partial charge is 0.692 e. The van der Waals surface area contributed by atoms with Gasteiger partial charge in [-0.2, -0.15) is 0 Å². The Morgan fingerprint density at radius 3 is 1.07 bits per heavy atom. The summed E-state index contributed by atoms with van der Waals surface area (Å²) in [7, 11) is -5.82. The van der Waals surface area contributed by atoms with Crippen molar-refractivity contribution in [3.63, 3.8) is 0 Å².